The second kappa shape index (κ2) is 5.95. The summed E-state index contributed by atoms with van der Waals surface area (Å²) in [6.45, 7) is -0.461. The van der Waals surface area contributed by atoms with Crippen LogP contribution in [0.25, 0.3) is 0 Å². The average molecular weight is 251 g/mol. The van der Waals surface area contributed by atoms with Gasteiger partial charge in [-0.05, 0) is 5.56 Å². The average Bonchev–Trinajstić information content (AvgIpc) is 2.87. The molecule has 0 amide bonds. The van der Waals surface area contributed by atoms with Crippen molar-refractivity contribution < 1.29 is 20.2 Å². The molecular formula is C13H17NO4. The standard InChI is InChI=1S/C13H17NO4/c15-8-12(17)11(16)6-10-7-13(18-14-10)9-4-2-1-3-5-9/h1-5,11-13,15-17H,6-8H2/t11-,12+,13?/m0/s1. The van der Waals surface area contributed by atoms with E-state index in [1.54, 1.807) is 0 Å². The van der Waals surface area contributed by atoms with Crippen LogP contribution in [-0.4, -0.2) is 39.8 Å². The van der Waals surface area contributed by atoms with E-state index in [2.05, 4.69) is 5.16 Å². The van der Waals surface area contributed by atoms with Gasteiger partial charge in [-0.1, -0.05) is 35.5 Å². The Morgan fingerprint density at radius 3 is 2.61 bits per heavy atom. The summed E-state index contributed by atoms with van der Waals surface area (Å²) < 4.78 is 0. The van der Waals surface area contributed by atoms with E-state index < -0.39 is 18.8 Å². The lowest BCUT2D eigenvalue weighted by atomic mass is 10.00. The Balaban J connectivity index is 1.88. The highest BCUT2D eigenvalue weighted by molar-refractivity contribution is 5.86. The number of nitrogens with zero attached hydrogens (tertiary/aromatic N) is 1. The van der Waals surface area contributed by atoms with Crippen LogP contribution in [0.15, 0.2) is 35.5 Å². The number of benzene rings is 1. The number of rotatable bonds is 5. The molecule has 5 nitrogen and oxygen atoms in total. The Labute approximate surface area is 105 Å². The molecular weight excluding hydrogens is 234 g/mol. The summed E-state index contributed by atoms with van der Waals surface area (Å²) >= 11 is 0. The fourth-order valence-electron chi connectivity index (χ4n) is 1.89. The van der Waals surface area contributed by atoms with E-state index in [-0.39, 0.29) is 12.5 Å². The van der Waals surface area contributed by atoms with Gasteiger partial charge >= 0.3 is 0 Å². The van der Waals surface area contributed by atoms with Crippen LogP contribution in [0.2, 0.25) is 0 Å². The highest BCUT2D eigenvalue weighted by atomic mass is 16.6. The zero-order valence-corrected chi connectivity index (χ0v) is 9.94. The van der Waals surface area contributed by atoms with Crippen LogP contribution in [0.3, 0.4) is 0 Å². The Morgan fingerprint density at radius 2 is 1.94 bits per heavy atom. The summed E-state index contributed by atoms with van der Waals surface area (Å²) in [4.78, 5) is 5.30. The van der Waals surface area contributed by atoms with Gasteiger partial charge in [0.1, 0.15) is 6.10 Å². The van der Waals surface area contributed by atoms with Crippen molar-refractivity contribution in [3.8, 4) is 0 Å². The Kier molecular flexibility index (Phi) is 4.30. The van der Waals surface area contributed by atoms with Crippen molar-refractivity contribution >= 4 is 5.71 Å². The summed E-state index contributed by atoms with van der Waals surface area (Å²) in [5, 5.41) is 31.5. The first-order valence-corrected chi connectivity index (χ1v) is 5.94. The highest BCUT2D eigenvalue weighted by Gasteiger charge is 2.26. The molecule has 1 aromatic rings. The molecule has 0 aliphatic carbocycles. The van der Waals surface area contributed by atoms with Crippen LogP contribution in [0.1, 0.15) is 24.5 Å². The summed E-state index contributed by atoms with van der Waals surface area (Å²) in [5.41, 5.74) is 1.73. The molecule has 1 heterocycles. The molecule has 1 unspecified atom stereocenters. The largest absolute Gasteiger partial charge is 0.394 e. The fourth-order valence-corrected chi connectivity index (χ4v) is 1.89. The first-order chi connectivity index (χ1) is 8.70. The van der Waals surface area contributed by atoms with Crippen LogP contribution < -0.4 is 0 Å². The van der Waals surface area contributed by atoms with Gasteiger partial charge in [0.15, 0.2) is 6.10 Å². The molecule has 0 aromatic heterocycles. The lowest BCUT2D eigenvalue weighted by molar-refractivity contribution is -0.0101. The normalized spacial score (nSPS) is 22.2. The maximum Gasteiger partial charge on any atom is 0.157 e. The first-order valence-electron chi connectivity index (χ1n) is 5.94. The van der Waals surface area contributed by atoms with Crippen molar-refractivity contribution in [2.24, 2.45) is 5.16 Å². The van der Waals surface area contributed by atoms with Crippen LogP contribution in [0.4, 0.5) is 0 Å². The monoisotopic (exact) mass is 251 g/mol. The van der Waals surface area contributed by atoms with Gasteiger partial charge in [-0.15, -0.1) is 0 Å². The zero-order valence-electron chi connectivity index (χ0n) is 9.94. The lowest BCUT2D eigenvalue weighted by Crippen LogP contribution is -2.31. The minimum Gasteiger partial charge on any atom is -0.394 e. The minimum atomic E-state index is -1.14. The second-order valence-electron chi connectivity index (χ2n) is 4.39. The van der Waals surface area contributed by atoms with Gasteiger partial charge in [0.25, 0.3) is 0 Å². The lowest BCUT2D eigenvalue weighted by Gasteiger charge is -2.14. The van der Waals surface area contributed by atoms with Crippen LogP contribution >= 0.6 is 0 Å². The number of aliphatic hydroxyl groups excluding tert-OH is 3. The Morgan fingerprint density at radius 1 is 1.22 bits per heavy atom. The highest BCUT2D eigenvalue weighted by Crippen LogP contribution is 2.28. The van der Waals surface area contributed by atoms with E-state index >= 15 is 0 Å². The van der Waals surface area contributed by atoms with Crippen molar-refractivity contribution in [2.75, 3.05) is 6.61 Å². The Bertz CT molecular complexity index is 407. The van der Waals surface area contributed by atoms with Crippen LogP contribution in [-0.2, 0) is 4.84 Å². The van der Waals surface area contributed by atoms with E-state index in [0.717, 1.165) is 5.56 Å². The van der Waals surface area contributed by atoms with Gasteiger partial charge in [-0.3, -0.25) is 0 Å². The van der Waals surface area contributed by atoms with Gasteiger partial charge in [-0.25, -0.2) is 0 Å². The second-order valence-corrected chi connectivity index (χ2v) is 4.39. The quantitative estimate of drug-likeness (QED) is 0.716. The maximum absolute atomic E-state index is 9.59. The van der Waals surface area contributed by atoms with Gasteiger partial charge in [0, 0.05) is 12.8 Å². The van der Waals surface area contributed by atoms with Crippen molar-refractivity contribution in [3.63, 3.8) is 0 Å². The molecule has 3 atom stereocenters. The van der Waals surface area contributed by atoms with Crippen LogP contribution in [0, 0.1) is 0 Å². The summed E-state index contributed by atoms with van der Waals surface area (Å²) in [7, 11) is 0. The third-order valence-corrected chi connectivity index (χ3v) is 2.98. The molecule has 3 N–H and O–H groups in total. The third-order valence-electron chi connectivity index (χ3n) is 2.98. The van der Waals surface area contributed by atoms with Crippen molar-refractivity contribution in [3.05, 3.63) is 35.9 Å². The van der Waals surface area contributed by atoms with Crippen LogP contribution in [0.5, 0.6) is 0 Å². The smallest absolute Gasteiger partial charge is 0.157 e. The van der Waals surface area contributed by atoms with E-state index in [9.17, 15) is 10.2 Å². The molecule has 0 bridgehead atoms. The predicted molar refractivity (Wildman–Crippen MR) is 66.0 cm³/mol. The van der Waals surface area contributed by atoms with E-state index in [4.69, 9.17) is 9.94 Å². The molecule has 1 aliphatic heterocycles. The molecule has 0 saturated carbocycles. The number of hydrogen-bond acceptors (Lipinski definition) is 5. The molecule has 1 aromatic carbocycles. The molecule has 0 radical (unpaired) electrons. The van der Waals surface area contributed by atoms with Gasteiger partial charge < -0.3 is 20.2 Å². The first kappa shape index (κ1) is 13.0. The fraction of sp³-hybridized carbons (Fsp3) is 0.462. The maximum atomic E-state index is 9.59. The molecule has 18 heavy (non-hydrogen) atoms. The Hall–Kier alpha value is -1.43. The summed E-state index contributed by atoms with van der Waals surface area (Å²) in [6.07, 6.45) is -1.46. The summed E-state index contributed by atoms with van der Waals surface area (Å²) in [6, 6.07) is 9.72. The van der Waals surface area contributed by atoms with Gasteiger partial charge in [-0.2, -0.15) is 0 Å². The number of oxime groups is 1. The van der Waals surface area contributed by atoms with Crippen molar-refractivity contribution in [2.45, 2.75) is 31.2 Å². The van der Waals surface area contributed by atoms with Crippen molar-refractivity contribution in [1.82, 2.24) is 0 Å². The summed E-state index contributed by atoms with van der Waals surface area (Å²) in [5.74, 6) is 0. The van der Waals surface area contributed by atoms with Crippen molar-refractivity contribution in [1.29, 1.82) is 0 Å². The topological polar surface area (TPSA) is 82.3 Å². The number of hydrogen-bond donors (Lipinski definition) is 3. The van der Waals surface area contributed by atoms with E-state index in [0.29, 0.717) is 12.1 Å². The molecule has 1 aliphatic rings. The predicted octanol–water partition coefficient (Wildman–Crippen LogP) is 0.608. The number of aliphatic hydroxyl groups is 3. The molecule has 98 valence electrons. The van der Waals surface area contributed by atoms with E-state index in [1.165, 1.54) is 0 Å². The van der Waals surface area contributed by atoms with Gasteiger partial charge in [0.2, 0.25) is 0 Å². The third kappa shape index (κ3) is 3.07. The molecule has 0 spiro atoms. The van der Waals surface area contributed by atoms with E-state index in [1.807, 2.05) is 30.3 Å². The molecule has 5 heteroatoms. The molecule has 0 fully saturated rings. The zero-order chi connectivity index (χ0) is 13.0. The minimum absolute atomic E-state index is 0.125. The molecule has 2 rings (SSSR count). The SMILES string of the molecule is OC[C@@H](O)[C@@H](O)CC1=NOC(c2ccccc2)C1. The molecule has 0 saturated heterocycles. The van der Waals surface area contributed by atoms with Gasteiger partial charge in [0.05, 0.1) is 18.4 Å².